The highest BCUT2D eigenvalue weighted by molar-refractivity contribution is 7.12. The smallest absolute Gasteiger partial charge is 0.263 e. The number of para-hydroxylation sites is 2. The molecule has 27 heavy (non-hydrogen) atoms. The molecule has 1 atom stereocenters. The first-order chi connectivity index (χ1) is 13.1. The van der Waals surface area contributed by atoms with E-state index in [1.807, 2.05) is 53.6 Å². The number of nitrogens with zero attached hydrogens (tertiary/aromatic N) is 2. The molecule has 0 aliphatic carbocycles. The molecular weight excluding hydrogens is 360 g/mol. The molecule has 0 unspecified atom stereocenters. The Morgan fingerprint density at radius 3 is 2.70 bits per heavy atom. The molecule has 0 spiro atoms. The average Bonchev–Trinajstić information content (AvgIpc) is 3.37. The molecule has 0 bridgehead atoms. The lowest BCUT2D eigenvalue weighted by Crippen LogP contribution is -2.43. The second-order valence-corrected chi connectivity index (χ2v) is 7.86. The standard InChI is InChI=1S/C20H22N4O2S/c1-13(18-22-15-5-2-3-6-16(15)23-18)21-19(25)14-8-10-24(11-9-14)20(26)17-7-4-12-27-17/h2-7,12-14H,8-11H2,1H3,(H,21,25)(H,22,23)/t13-/m0/s1. The molecule has 2 aromatic heterocycles. The summed E-state index contributed by atoms with van der Waals surface area (Å²) in [6.07, 6.45) is 1.38. The predicted octanol–water partition coefficient (Wildman–Crippen LogP) is 3.35. The van der Waals surface area contributed by atoms with Crippen molar-refractivity contribution >= 4 is 34.2 Å². The zero-order chi connectivity index (χ0) is 18.8. The van der Waals surface area contributed by atoms with Gasteiger partial charge in [-0.15, -0.1) is 11.3 Å². The van der Waals surface area contributed by atoms with E-state index >= 15 is 0 Å². The Morgan fingerprint density at radius 2 is 2.00 bits per heavy atom. The van der Waals surface area contributed by atoms with Gasteiger partial charge in [0.25, 0.3) is 5.91 Å². The van der Waals surface area contributed by atoms with E-state index < -0.39 is 0 Å². The highest BCUT2D eigenvalue weighted by Gasteiger charge is 2.29. The van der Waals surface area contributed by atoms with Crippen LogP contribution in [0.25, 0.3) is 11.0 Å². The van der Waals surface area contributed by atoms with Gasteiger partial charge in [0.15, 0.2) is 0 Å². The molecule has 1 aromatic carbocycles. The number of aromatic nitrogens is 2. The number of thiophene rings is 1. The first-order valence-electron chi connectivity index (χ1n) is 9.19. The summed E-state index contributed by atoms with van der Waals surface area (Å²) in [5.41, 5.74) is 1.86. The van der Waals surface area contributed by atoms with Crippen molar-refractivity contribution < 1.29 is 9.59 Å². The number of aromatic amines is 1. The summed E-state index contributed by atoms with van der Waals surface area (Å²) in [5, 5.41) is 4.97. The third kappa shape index (κ3) is 3.73. The summed E-state index contributed by atoms with van der Waals surface area (Å²) in [7, 11) is 0. The molecule has 2 amide bonds. The van der Waals surface area contributed by atoms with Crippen LogP contribution in [0, 0.1) is 5.92 Å². The second kappa shape index (κ2) is 7.52. The Balaban J connectivity index is 1.33. The van der Waals surface area contributed by atoms with Gasteiger partial charge in [0.2, 0.25) is 5.91 Å². The number of nitrogens with one attached hydrogen (secondary N) is 2. The monoisotopic (exact) mass is 382 g/mol. The van der Waals surface area contributed by atoms with Gasteiger partial charge in [-0.05, 0) is 43.3 Å². The van der Waals surface area contributed by atoms with Crippen molar-refractivity contribution in [1.82, 2.24) is 20.2 Å². The molecule has 1 aliphatic rings. The Hall–Kier alpha value is -2.67. The quantitative estimate of drug-likeness (QED) is 0.726. The number of carbonyl (C=O) groups is 2. The Labute approximate surface area is 161 Å². The average molecular weight is 382 g/mol. The lowest BCUT2D eigenvalue weighted by Gasteiger charge is -2.31. The molecule has 140 valence electrons. The van der Waals surface area contributed by atoms with Crippen molar-refractivity contribution in [3.05, 3.63) is 52.5 Å². The molecule has 1 fully saturated rings. The van der Waals surface area contributed by atoms with E-state index in [0.717, 1.165) is 21.7 Å². The second-order valence-electron chi connectivity index (χ2n) is 6.91. The largest absolute Gasteiger partial charge is 0.346 e. The molecule has 6 nitrogen and oxygen atoms in total. The molecule has 2 N–H and O–H groups in total. The van der Waals surface area contributed by atoms with E-state index in [9.17, 15) is 9.59 Å². The Bertz CT molecular complexity index is 909. The molecule has 7 heteroatoms. The zero-order valence-electron chi connectivity index (χ0n) is 15.1. The summed E-state index contributed by atoms with van der Waals surface area (Å²) in [6, 6.07) is 11.4. The van der Waals surface area contributed by atoms with Crippen LogP contribution in [0.2, 0.25) is 0 Å². The molecule has 4 rings (SSSR count). The third-order valence-corrected chi connectivity index (χ3v) is 5.92. The van der Waals surface area contributed by atoms with Crippen LogP contribution in [-0.2, 0) is 4.79 Å². The van der Waals surface area contributed by atoms with Crippen LogP contribution in [0.15, 0.2) is 41.8 Å². The number of imidazole rings is 1. The molecule has 0 radical (unpaired) electrons. The molecule has 1 aliphatic heterocycles. The predicted molar refractivity (Wildman–Crippen MR) is 106 cm³/mol. The summed E-state index contributed by atoms with van der Waals surface area (Å²) in [5.74, 6) is 0.796. The van der Waals surface area contributed by atoms with Crippen LogP contribution in [-0.4, -0.2) is 39.8 Å². The first-order valence-corrected chi connectivity index (χ1v) is 10.1. The van der Waals surface area contributed by atoms with Crippen LogP contribution < -0.4 is 5.32 Å². The molecular formula is C20H22N4O2S. The van der Waals surface area contributed by atoms with Crippen molar-refractivity contribution in [2.24, 2.45) is 5.92 Å². The molecule has 3 heterocycles. The van der Waals surface area contributed by atoms with E-state index in [0.29, 0.717) is 25.9 Å². The zero-order valence-corrected chi connectivity index (χ0v) is 16.0. The number of hydrogen-bond acceptors (Lipinski definition) is 4. The van der Waals surface area contributed by atoms with Gasteiger partial charge in [-0.1, -0.05) is 18.2 Å². The molecule has 3 aromatic rings. The number of piperidine rings is 1. The van der Waals surface area contributed by atoms with Gasteiger partial charge in [0.05, 0.1) is 22.0 Å². The summed E-state index contributed by atoms with van der Waals surface area (Å²) >= 11 is 1.46. The topological polar surface area (TPSA) is 78.1 Å². The van der Waals surface area contributed by atoms with Crippen LogP contribution in [0.1, 0.15) is 41.3 Å². The van der Waals surface area contributed by atoms with Crippen LogP contribution >= 0.6 is 11.3 Å². The van der Waals surface area contributed by atoms with Crippen molar-refractivity contribution in [2.75, 3.05) is 13.1 Å². The van der Waals surface area contributed by atoms with Crippen LogP contribution in [0.3, 0.4) is 0 Å². The Morgan fingerprint density at radius 1 is 1.22 bits per heavy atom. The number of amides is 2. The molecule has 1 saturated heterocycles. The Kier molecular flexibility index (Phi) is 4.94. The first kappa shape index (κ1) is 17.7. The maximum absolute atomic E-state index is 12.6. The maximum Gasteiger partial charge on any atom is 0.263 e. The summed E-state index contributed by atoms with van der Waals surface area (Å²) < 4.78 is 0. The fourth-order valence-electron chi connectivity index (χ4n) is 3.48. The summed E-state index contributed by atoms with van der Waals surface area (Å²) in [6.45, 7) is 3.17. The minimum absolute atomic E-state index is 0.0335. The SMILES string of the molecule is C[C@H](NC(=O)C1CCN(C(=O)c2cccs2)CC1)c1nc2ccccc2[nH]1. The molecule has 0 saturated carbocycles. The number of benzene rings is 1. The normalized spacial score (nSPS) is 16.4. The van der Waals surface area contributed by atoms with Gasteiger partial charge >= 0.3 is 0 Å². The number of carbonyl (C=O) groups excluding carboxylic acids is 2. The van der Waals surface area contributed by atoms with Gasteiger partial charge in [-0.25, -0.2) is 4.98 Å². The van der Waals surface area contributed by atoms with Crippen molar-refractivity contribution in [2.45, 2.75) is 25.8 Å². The lowest BCUT2D eigenvalue weighted by atomic mass is 9.95. The van der Waals surface area contributed by atoms with E-state index in [-0.39, 0.29) is 23.8 Å². The van der Waals surface area contributed by atoms with E-state index in [1.54, 1.807) is 0 Å². The highest BCUT2D eigenvalue weighted by Crippen LogP contribution is 2.22. The van der Waals surface area contributed by atoms with Crippen molar-refractivity contribution in [3.63, 3.8) is 0 Å². The highest BCUT2D eigenvalue weighted by atomic mass is 32.1. The number of fused-ring (bicyclic) bond motifs is 1. The minimum Gasteiger partial charge on any atom is -0.346 e. The number of hydrogen-bond donors (Lipinski definition) is 2. The lowest BCUT2D eigenvalue weighted by molar-refractivity contribution is -0.127. The van der Waals surface area contributed by atoms with E-state index in [2.05, 4.69) is 15.3 Å². The third-order valence-electron chi connectivity index (χ3n) is 5.06. The van der Waals surface area contributed by atoms with Gasteiger partial charge in [-0.2, -0.15) is 0 Å². The van der Waals surface area contributed by atoms with Gasteiger partial charge in [0.1, 0.15) is 5.82 Å². The van der Waals surface area contributed by atoms with Crippen LogP contribution in [0.5, 0.6) is 0 Å². The maximum atomic E-state index is 12.6. The minimum atomic E-state index is -0.185. The number of likely N-dealkylation sites (tertiary alicyclic amines) is 1. The number of rotatable bonds is 4. The van der Waals surface area contributed by atoms with Gasteiger partial charge in [-0.3, -0.25) is 9.59 Å². The van der Waals surface area contributed by atoms with Crippen molar-refractivity contribution in [3.8, 4) is 0 Å². The van der Waals surface area contributed by atoms with Gasteiger partial charge in [0, 0.05) is 19.0 Å². The van der Waals surface area contributed by atoms with Crippen LogP contribution in [0.4, 0.5) is 0 Å². The van der Waals surface area contributed by atoms with E-state index in [4.69, 9.17) is 0 Å². The number of H-pyrrole nitrogens is 1. The van der Waals surface area contributed by atoms with Gasteiger partial charge < -0.3 is 15.2 Å². The fourth-order valence-corrected chi connectivity index (χ4v) is 4.17. The van der Waals surface area contributed by atoms with Crippen molar-refractivity contribution in [1.29, 1.82) is 0 Å². The van der Waals surface area contributed by atoms with E-state index in [1.165, 1.54) is 11.3 Å². The fraction of sp³-hybridized carbons (Fsp3) is 0.350. The summed E-state index contributed by atoms with van der Waals surface area (Å²) in [4.78, 5) is 35.5.